The first-order valence-corrected chi connectivity index (χ1v) is 7.60. The second-order valence-corrected chi connectivity index (χ2v) is 6.25. The number of hydrogen-bond acceptors (Lipinski definition) is 2. The molecule has 1 aromatic carbocycles. The number of amides is 1. The molecular formula is C17H26N2O. The molecule has 3 nitrogen and oxygen atoms in total. The quantitative estimate of drug-likeness (QED) is 0.915. The molecule has 0 spiro atoms. The van der Waals surface area contributed by atoms with Gasteiger partial charge in [0.15, 0.2) is 0 Å². The summed E-state index contributed by atoms with van der Waals surface area (Å²) >= 11 is 0. The summed E-state index contributed by atoms with van der Waals surface area (Å²) in [6, 6.07) is 11.1. The van der Waals surface area contributed by atoms with Gasteiger partial charge < -0.3 is 10.2 Å². The van der Waals surface area contributed by atoms with Crippen molar-refractivity contribution in [1.29, 1.82) is 0 Å². The lowest BCUT2D eigenvalue weighted by Gasteiger charge is -2.40. The SMILES string of the molecule is CC(=O)N1CC(CC(C)C)NCC1Cc1ccccc1. The maximum atomic E-state index is 11.9. The molecule has 1 aliphatic rings. The normalized spacial score (nSPS) is 23.1. The molecule has 2 unspecified atom stereocenters. The van der Waals surface area contributed by atoms with E-state index in [0.717, 1.165) is 25.9 Å². The summed E-state index contributed by atoms with van der Waals surface area (Å²) < 4.78 is 0. The summed E-state index contributed by atoms with van der Waals surface area (Å²) in [6.45, 7) is 7.89. The van der Waals surface area contributed by atoms with Crippen molar-refractivity contribution in [2.24, 2.45) is 5.92 Å². The van der Waals surface area contributed by atoms with Crippen LogP contribution in [0.3, 0.4) is 0 Å². The molecule has 0 aliphatic carbocycles. The van der Waals surface area contributed by atoms with Crippen LogP contribution in [0.1, 0.15) is 32.8 Å². The first-order chi connectivity index (χ1) is 9.56. The van der Waals surface area contributed by atoms with Crippen LogP contribution in [0, 0.1) is 5.92 Å². The van der Waals surface area contributed by atoms with E-state index in [1.807, 2.05) is 6.07 Å². The Hall–Kier alpha value is -1.35. The molecule has 2 rings (SSSR count). The van der Waals surface area contributed by atoms with Gasteiger partial charge in [-0.3, -0.25) is 4.79 Å². The maximum absolute atomic E-state index is 11.9. The van der Waals surface area contributed by atoms with Gasteiger partial charge in [-0.15, -0.1) is 0 Å². The number of nitrogens with zero attached hydrogens (tertiary/aromatic N) is 1. The second kappa shape index (κ2) is 6.89. The van der Waals surface area contributed by atoms with E-state index in [4.69, 9.17) is 0 Å². The molecule has 110 valence electrons. The summed E-state index contributed by atoms with van der Waals surface area (Å²) in [5, 5.41) is 3.61. The average molecular weight is 274 g/mol. The van der Waals surface area contributed by atoms with Crippen molar-refractivity contribution in [3.05, 3.63) is 35.9 Å². The molecule has 1 aliphatic heterocycles. The number of piperazine rings is 1. The van der Waals surface area contributed by atoms with Crippen molar-refractivity contribution in [3.63, 3.8) is 0 Å². The van der Waals surface area contributed by atoms with Crippen molar-refractivity contribution < 1.29 is 4.79 Å². The van der Waals surface area contributed by atoms with Crippen molar-refractivity contribution >= 4 is 5.91 Å². The van der Waals surface area contributed by atoms with Crippen LogP contribution in [0.4, 0.5) is 0 Å². The van der Waals surface area contributed by atoms with E-state index in [2.05, 4.69) is 48.3 Å². The Morgan fingerprint density at radius 2 is 2.05 bits per heavy atom. The number of hydrogen-bond donors (Lipinski definition) is 1. The Kier molecular flexibility index (Phi) is 5.18. The standard InChI is InChI=1S/C17H26N2O/c1-13(2)9-16-12-19(14(3)20)17(11-18-16)10-15-7-5-4-6-8-15/h4-8,13,16-18H,9-12H2,1-3H3. The zero-order valence-electron chi connectivity index (χ0n) is 12.8. The van der Waals surface area contributed by atoms with Crippen LogP contribution in [0.25, 0.3) is 0 Å². The minimum atomic E-state index is 0.196. The van der Waals surface area contributed by atoms with Crippen LogP contribution < -0.4 is 5.32 Å². The van der Waals surface area contributed by atoms with E-state index in [1.165, 1.54) is 5.56 Å². The number of rotatable bonds is 4. The molecule has 20 heavy (non-hydrogen) atoms. The van der Waals surface area contributed by atoms with Gasteiger partial charge >= 0.3 is 0 Å². The molecule has 0 aromatic heterocycles. The molecule has 0 bridgehead atoms. The van der Waals surface area contributed by atoms with E-state index >= 15 is 0 Å². The van der Waals surface area contributed by atoms with Crippen LogP contribution in [-0.4, -0.2) is 36.0 Å². The largest absolute Gasteiger partial charge is 0.337 e. The van der Waals surface area contributed by atoms with E-state index < -0.39 is 0 Å². The molecule has 1 heterocycles. The zero-order chi connectivity index (χ0) is 14.5. The fourth-order valence-electron chi connectivity index (χ4n) is 3.05. The molecule has 1 saturated heterocycles. The van der Waals surface area contributed by atoms with Gasteiger partial charge in [0.1, 0.15) is 0 Å². The van der Waals surface area contributed by atoms with E-state index in [1.54, 1.807) is 6.92 Å². The zero-order valence-corrected chi connectivity index (χ0v) is 12.8. The van der Waals surface area contributed by atoms with Gasteiger partial charge in [0, 0.05) is 32.1 Å². The molecule has 0 saturated carbocycles. The fourth-order valence-corrected chi connectivity index (χ4v) is 3.05. The van der Waals surface area contributed by atoms with Crippen LogP contribution >= 0.6 is 0 Å². The van der Waals surface area contributed by atoms with Crippen LogP contribution in [-0.2, 0) is 11.2 Å². The minimum Gasteiger partial charge on any atom is -0.337 e. The predicted octanol–water partition coefficient (Wildman–Crippen LogP) is 2.46. The molecular weight excluding hydrogens is 248 g/mol. The van der Waals surface area contributed by atoms with Gasteiger partial charge in [0.25, 0.3) is 0 Å². The topological polar surface area (TPSA) is 32.3 Å². The average Bonchev–Trinajstić information content (AvgIpc) is 2.41. The first-order valence-electron chi connectivity index (χ1n) is 7.60. The fraction of sp³-hybridized carbons (Fsp3) is 0.588. The van der Waals surface area contributed by atoms with Gasteiger partial charge in [-0.2, -0.15) is 0 Å². The monoisotopic (exact) mass is 274 g/mol. The van der Waals surface area contributed by atoms with E-state index in [9.17, 15) is 4.79 Å². The summed E-state index contributed by atoms with van der Waals surface area (Å²) in [5.74, 6) is 0.855. The van der Waals surface area contributed by atoms with Crippen molar-refractivity contribution in [3.8, 4) is 0 Å². The number of nitrogens with one attached hydrogen (secondary N) is 1. The third kappa shape index (κ3) is 4.07. The summed E-state index contributed by atoms with van der Waals surface area (Å²) in [6.07, 6.45) is 2.06. The maximum Gasteiger partial charge on any atom is 0.219 e. The van der Waals surface area contributed by atoms with E-state index in [-0.39, 0.29) is 11.9 Å². The van der Waals surface area contributed by atoms with Gasteiger partial charge in [0.05, 0.1) is 0 Å². The summed E-state index contributed by atoms with van der Waals surface area (Å²) in [4.78, 5) is 14.0. The second-order valence-electron chi connectivity index (χ2n) is 6.25. The van der Waals surface area contributed by atoms with Crippen LogP contribution in [0.5, 0.6) is 0 Å². The van der Waals surface area contributed by atoms with Crippen molar-refractivity contribution in [2.75, 3.05) is 13.1 Å². The van der Waals surface area contributed by atoms with Gasteiger partial charge in [0.2, 0.25) is 5.91 Å². The lowest BCUT2D eigenvalue weighted by molar-refractivity contribution is -0.132. The minimum absolute atomic E-state index is 0.196. The van der Waals surface area contributed by atoms with Crippen molar-refractivity contribution in [2.45, 2.75) is 45.7 Å². The highest BCUT2D eigenvalue weighted by molar-refractivity contribution is 5.73. The molecule has 3 heteroatoms. The highest BCUT2D eigenvalue weighted by Gasteiger charge is 2.29. The smallest absolute Gasteiger partial charge is 0.219 e. The van der Waals surface area contributed by atoms with Gasteiger partial charge in [-0.05, 0) is 24.3 Å². The van der Waals surface area contributed by atoms with Crippen LogP contribution in [0.2, 0.25) is 0 Å². The Balaban J connectivity index is 2.00. The Morgan fingerprint density at radius 1 is 1.35 bits per heavy atom. The number of carbonyl (C=O) groups is 1. The third-order valence-corrected chi connectivity index (χ3v) is 3.97. The first kappa shape index (κ1) is 15.0. The molecule has 1 aromatic rings. The predicted molar refractivity (Wildman–Crippen MR) is 82.6 cm³/mol. The lowest BCUT2D eigenvalue weighted by atomic mass is 9.97. The van der Waals surface area contributed by atoms with Crippen molar-refractivity contribution in [1.82, 2.24) is 10.2 Å². The molecule has 2 atom stereocenters. The molecule has 1 fully saturated rings. The number of benzene rings is 1. The molecule has 1 N–H and O–H groups in total. The highest BCUT2D eigenvalue weighted by Crippen LogP contribution is 2.16. The third-order valence-electron chi connectivity index (χ3n) is 3.97. The highest BCUT2D eigenvalue weighted by atomic mass is 16.2. The lowest BCUT2D eigenvalue weighted by Crippen LogP contribution is -2.58. The Morgan fingerprint density at radius 3 is 2.65 bits per heavy atom. The van der Waals surface area contributed by atoms with Gasteiger partial charge in [-0.25, -0.2) is 0 Å². The Labute approximate surface area is 122 Å². The summed E-state index contributed by atoms with van der Waals surface area (Å²) in [7, 11) is 0. The molecule has 0 radical (unpaired) electrons. The van der Waals surface area contributed by atoms with Gasteiger partial charge in [-0.1, -0.05) is 44.2 Å². The molecule has 1 amide bonds. The number of carbonyl (C=O) groups excluding carboxylic acids is 1. The van der Waals surface area contributed by atoms with E-state index in [0.29, 0.717) is 12.0 Å². The summed E-state index contributed by atoms with van der Waals surface area (Å²) in [5.41, 5.74) is 1.30. The Bertz CT molecular complexity index is 430. The van der Waals surface area contributed by atoms with Crippen LogP contribution in [0.15, 0.2) is 30.3 Å².